The van der Waals surface area contributed by atoms with Crippen LogP contribution in [0.25, 0.3) is 0 Å². The predicted molar refractivity (Wildman–Crippen MR) is 83.7 cm³/mol. The number of rotatable bonds is 3. The number of aromatic carboxylic acids is 1. The van der Waals surface area contributed by atoms with Gasteiger partial charge in [0.25, 0.3) is 0 Å². The smallest absolute Gasteiger partial charge is 0.337 e. The van der Waals surface area contributed by atoms with E-state index in [1.54, 1.807) is 18.2 Å². The van der Waals surface area contributed by atoms with Crippen LogP contribution in [-0.2, 0) is 0 Å². The first-order valence-electron chi connectivity index (χ1n) is 5.08. The first-order chi connectivity index (χ1) is 8.97. The van der Waals surface area contributed by atoms with E-state index in [9.17, 15) is 4.79 Å². The second kappa shape index (κ2) is 5.94. The molecule has 7 heteroatoms. The molecule has 2 rings (SSSR count). The van der Waals surface area contributed by atoms with Crippen LogP contribution in [0.3, 0.4) is 0 Å². The molecule has 0 atom stereocenters. The molecular weight excluding hydrogens is 402 g/mol. The molecule has 98 valence electrons. The third kappa shape index (κ3) is 3.49. The van der Waals surface area contributed by atoms with Crippen LogP contribution in [0.5, 0.6) is 0 Å². The summed E-state index contributed by atoms with van der Waals surface area (Å²) >= 11 is 14.0. The Kier molecular flexibility index (Phi) is 4.49. The van der Waals surface area contributed by atoms with Crippen molar-refractivity contribution < 1.29 is 9.90 Å². The van der Waals surface area contributed by atoms with Crippen molar-refractivity contribution >= 4 is 63.3 Å². The SMILES string of the molecule is O=C(O)c1cnc(Nc2ccc(Cl)cc2I)c(Cl)c1. The summed E-state index contributed by atoms with van der Waals surface area (Å²) in [5, 5.41) is 12.7. The minimum Gasteiger partial charge on any atom is -0.478 e. The number of halogens is 3. The zero-order valence-corrected chi connectivity index (χ0v) is 13.0. The molecule has 1 aromatic carbocycles. The summed E-state index contributed by atoms with van der Waals surface area (Å²) in [5.41, 5.74) is 0.837. The molecule has 19 heavy (non-hydrogen) atoms. The lowest BCUT2D eigenvalue weighted by molar-refractivity contribution is 0.0696. The Bertz CT molecular complexity index is 650. The molecule has 0 spiro atoms. The maximum absolute atomic E-state index is 10.8. The van der Waals surface area contributed by atoms with E-state index in [4.69, 9.17) is 28.3 Å². The molecule has 0 amide bonds. The zero-order valence-electron chi connectivity index (χ0n) is 9.32. The molecule has 0 unspecified atom stereocenters. The van der Waals surface area contributed by atoms with Crippen LogP contribution < -0.4 is 5.32 Å². The number of carboxylic acid groups (broad SMARTS) is 1. The number of carbonyl (C=O) groups is 1. The topological polar surface area (TPSA) is 62.2 Å². The van der Waals surface area contributed by atoms with Gasteiger partial charge in [-0.2, -0.15) is 0 Å². The Balaban J connectivity index is 2.31. The summed E-state index contributed by atoms with van der Waals surface area (Å²) in [4.78, 5) is 14.8. The van der Waals surface area contributed by atoms with Crippen molar-refractivity contribution in [2.45, 2.75) is 0 Å². The van der Waals surface area contributed by atoms with Crippen LogP contribution in [0.2, 0.25) is 10.0 Å². The van der Waals surface area contributed by atoms with Crippen molar-refractivity contribution in [3.63, 3.8) is 0 Å². The van der Waals surface area contributed by atoms with E-state index in [-0.39, 0.29) is 10.6 Å². The van der Waals surface area contributed by atoms with Gasteiger partial charge in [-0.15, -0.1) is 0 Å². The molecule has 0 radical (unpaired) electrons. The highest BCUT2D eigenvalue weighted by Gasteiger charge is 2.10. The third-order valence-corrected chi connectivity index (χ3v) is 3.69. The summed E-state index contributed by atoms with van der Waals surface area (Å²) < 4.78 is 0.908. The highest BCUT2D eigenvalue weighted by molar-refractivity contribution is 14.1. The summed E-state index contributed by atoms with van der Waals surface area (Å²) in [5.74, 6) is -0.672. The Morgan fingerprint density at radius 1 is 1.32 bits per heavy atom. The molecule has 2 N–H and O–H groups in total. The normalized spacial score (nSPS) is 10.3. The molecule has 2 aromatic rings. The van der Waals surface area contributed by atoms with Gasteiger partial charge in [-0.1, -0.05) is 23.2 Å². The number of hydrogen-bond acceptors (Lipinski definition) is 3. The fraction of sp³-hybridized carbons (Fsp3) is 0. The average Bonchev–Trinajstić information content (AvgIpc) is 2.34. The molecule has 1 heterocycles. The number of benzene rings is 1. The van der Waals surface area contributed by atoms with E-state index in [2.05, 4.69) is 32.9 Å². The van der Waals surface area contributed by atoms with Crippen molar-refractivity contribution in [2.75, 3.05) is 5.32 Å². The van der Waals surface area contributed by atoms with Crippen LogP contribution in [0.15, 0.2) is 30.5 Å². The molecular formula is C12H7Cl2IN2O2. The van der Waals surface area contributed by atoms with Crippen molar-refractivity contribution in [2.24, 2.45) is 0 Å². The van der Waals surface area contributed by atoms with Gasteiger partial charge >= 0.3 is 5.97 Å². The van der Waals surface area contributed by atoms with Crippen molar-refractivity contribution in [1.82, 2.24) is 4.98 Å². The van der Waals surface area contributed by atoms with Crippen molar-refractivity contribution in [1.29, 1.82) is 0 Å². The number of nitrogens with one attached hydrogen (secondary N) is 1. The molecule has 0 fully saturated rings. The summed E-state index contributed by atoms with van der Waals surface area (Å²) in [7, 11) is 0. The number of nitrogens with zero attached hydrogens (tertiary/aromatic N) is 1. The minimum absolute atomic E-state index is 0.0429. The Hall–Kier alpha value is -1.05. The fourth-order valence-electron chi connectivity index (χ4n) is 1.37. The van der Waals surface area contributed by atoms with Gasteiger partial charge in [0.15, 0.2) is 0 Å². The van der Waals surface area contributed by atoms with Gasteiger partial charge < -0.3 is 10.4 Å². The molecule has 0 aliphatic rings. The molecule has 0 aliphatic carbocycles. The maximum Gasteiger partial charge on any atom is 0.337 e. The van der Waals surface area contributed by atoms with E-state index in [0.717, 1.165) is 9.26 Å². The van der Waals surface area contributed by atoms with Crippen LogP contribution >= 0.6 is 45.8 Å². The van der Waals surface area contributed by atoms with Gasteiger partial charge in [0.2, 0.25) is 0 Å². The molecule has 0 saturated heterocycles. The predicted octanol–water partition coefficient (Wildman–Crippen LogP) is 4.43. The molecule has 0 bridgehead atoms. The first kappa shape index (κ1) is 14.4. The van der Waals surface area contributed by atoms with E-state index in [1.807, 2.05) is 0 Å². The monoisotopic (exact) mass is 408 g/mol. The Morgan fingerprint density at radius 2 is 2.05 bits per heavy atom. The highest BCUT2D eigenvalue weighted by Crippen LogP contribution is 2.28. The van der Waals surface area contributed by atoms with Gasteiger partial charge in [-0.25, -0.2) is 9.78 Å². The van der Waals surface area contributed by atoms with Gasteiger partial charge in [-0.05, 0) is 46.9 Å². The quantitative estimate of drug-likeness (QED) is 0.737. The highest BCUT2D eigenvalue weighted by atomic mass is 127. The lowest BCUT2D eigenvalue weighted by Gasteiger charge is -2.10. The second-order valence-electron chi connectivity index (χ2n) is 3.61. The van der Waals surface area contributed by atoms with Gasteiger partial charge in [-0.3, -0.25) is 0 Å². The average molecular weight is 409 g/mol. The molecule has 0 saturated carbocycles. The van der Waals surface area contributed by atoms with Crippen LogP contribution in [0.1, 0.15) is 10.4 Å². The second-order valence-corrected chi connectivity index (χ2v) is 5.61. The zero-order chi connectivity index (χ0) is 14.0. The minimum atomic E-state index is -1.07. The Morgan fingerprint density at radius 3 is 2.63 bits per heavy atom. The van der Waals surface area contributed by atoms with E-state index < -0.39 is 5.97 Å². The van der Waals surface area contributed by atoms with Crippen molar-refractivity contribution in [3.05, 3.63) is 49.6 Å². The van der Waals surface area contributed by atoms with Crippen LogP contribution in [0, 0.1) is 3.57 Å². The number of anilines is 2. The van der Waals surface area contributed by atoms with E-state index in [1.165, 1.54) is 12.3 Å². The number of pyridine rings is 1. The summed E-state index contributed by atoms with van der Waals surface area (Å²) in [6, 6.07) is 6.69. The molecule has 4 nitrogen and oxygen atoms in total. The summed E-state index contributed by atoms with van der Waals surface area (Å²) in [6.45, 7) is 0. The fourth-order valence-corrected chi connectivity index (χ4v) is 2.59. The maximum atomic E-state index is 10.8. The largest absolute Gasteiger partial charge is 0.478 e. The lowest BCUT2D eigenvalue weighted by atomic mass is 10.2. The number of hydrogen-bond donors (Lipinski definition) is 2. The lowest BCUT2D eigenvalue weighted by Crippen LogP contribution is -2.01. The van der Waals surface area contributed by atoms with Gasteiger partial charge in [0.05, 0.1) is 16.3 Å². The van der Waals surface area contributed by atoms with E-state index in [0.29, 0.717) is 10.8 Å². The van der Waals surface area contributed by atoms with Gasteiger partial charge in [0, 0.05) is 14.8 Å². The molecule has 0 aliphatic heterocycles. The number of aromatic nitrogens is 1. The van der Waals surface area contributed by atoms with Crippen molar-refractivity contribution in [3.8, 4) is 0 Å². The van der Waals surface area contributed by atoms with E-state index >= 15 is 0 Å². The van der Waals surface area contributed by atoms with Gasteiger partial charge in [0.1, 0.15) is 5.82 Å². The Labute approximate surface area is 132 Å². The molecule has 1 aromatic heterocycles. The number of carboxylic acids is 1. The van der Waals surface area contributed by atoms with Crippen LogP contribution in [0.4, 0.5) is 11.5 Å². The van der Waals surface area contributed by atoms with Crippen LogP contribution in [-0.4, -0.2) is 16.1 Å². The first-order valence-corrected chi connectivity index (χ1v) is 6.92. The standard InChI is InChI=1S/C12H7Cl2IN2O2/c13-7-1-2-10(9(15)4-7)17-11-8(14)3-6(5-16-11)12(18)19/h1-5H,(H,16,17)(H,18,19). The third-order valence-electron chi connectivity index (χ3n) is 2.27. The summed E-state index contributed by atoms with van der Waals surface area (Å²) in [6.07, 6.45) is 1.25.